The summed E-state index contributed by atoms with van der Waals surface area (Å²) in [7, 11) is -3.04. The Kier molecular flexibility index (Phi) is 55.4. The van der Waals surface area contributed by atoms with Crippen molar-refractivity contribution >= 4 is 18.4 Å². The van der Waals surface area contributed by atoms with Gasteiger partial charge in [0, 0.05) is 20.4 Å². The Morgan fingerprint density at radius 3 is 1.17 bits per heavy atom. The second-order valence-electron chi connectivity index (χ2n) is 21.5. The van der Waals surface area contributed by atoms with E-state index in [1.165, 1.54) is 33.1 Å². The molecule has 0 aliphatic heterocycles. The molecule has 3 radical (unpaired) electrons. The minimum Gasteiger partial charge on any atom is -0.373 e. The van der Waals surface area contributed by atoms with Crippen LogP contribution in [0.3, 0.4) is 0 Å². The number of rotatable bonds is 14. The van der Waals surface area contributed by atoms with Gasteiger partial charge in [-0.25, -0.2) is 21.9 Å². The van der Waals surface area contributed by atoms with E-state index in [0.717, 1.165) is 50.0 Å². The van der Waals surface area contributed by atoms with E-state index >= 15 is 0 Å². The molecule has 0 saturated heterocycles. The smallest absolute Gasteiger partial charge is 0.373 e. The van der Waals surface area contributed by atoms with E-state index < -0.39 is 26.6 Å². The zero-order valence-electron chi connectivity index (χ0n) is 47.2. The van der Waals surface area contributed by atoms with Crippen LogP contribution >= 0.6 is 0 Å². The van der Waals surface area contributed by atoms with E-state index in [9.17, 15) is 17.2 Å². The van der Waals surface area contributed by atoms with Crippen LogP contribution < -0.4 is 4.72 Å². The molecule has 2 aliphatic carbocycles. The molecule has 0 aromatic rings. The molecule has 2 aliphatic rings. The van der Waals surface area contributed by atoms with Crippen molar-refractivity contribution in [2.75, 3.05) is 0 Å². The Hall–Kier alpha value is -0.0768. The van der Waals surface area contributed by atoms with E-state index in [4.69, 9.17) is 9.47 Å². The maximum atomic E-state index is 12.9. The number of hydrogen-bond donors (Lipinski definition) is 1. The van der Waals surface area contributed by atoms with Crippen LogP contribution in [0.4, 0.5) is 8.78 Å². The summed E-state index contributed by atoms with van der Waals surface area (Å²) in [6.45, 7) is 55.6. The fourth-order valence-corrected chi connectivity index (χ4v) is 5.03. The van der Waals surface area contributed by atoms with E-state index in [2.05, 4.69) is 136 Å². The summed E-state index contributed by atoms with van der Waals surface area (Å²) in [5, 5.41) is 0. The Morgan fingerprint density at radius 1 is 0.698 bits per heavy atom. The molecule has 0 amide bonds. The van der Waals surface area contributed by atoms with Gasteiger partial charge in [0.1, 0.15) is 0 Å². The van der Waals surface area contributed by atoms with Crippen LogP contribution in [0, 0.1) is 55.3 Å². The summed E-state index contributed by atoms with van der Waals surface area (Å²) < 4.78 is 62.4. The van der Waals surface area contributed by atoms with Gasteiger partial charge in [0.15, 0.2) is 0 Å². The first-order valence-corrected chi connectivity index (χ1v) is 24.9. The van der Waals surface area contributed by atoms with E-state index in [-0.39, 0.29) is 50.4 Å². The molecular formula is C53H113BF2NO4SW. The molecule has 1 N–H and O–H groups in total. The van der Waals surface area contributed by atoms with Gasteiger partial charge in [0.25, 0.3) is 5.92 Å². The zero-order valence-corrected chi connectivity index (χ0v) is 50.9. The van der Waals surface area contributed by atoms with Crippen LogP contribution in [0.25, 0.3) is 0 Å². The first-order valence-electron chi connectivity index (χ1n) is 23.4. The fourth-order valence-electron chi connectivity index (χ4n) is 3.49. The molecular weight excluding hydrogens is 979 g/mol. The molecule has 383 valence electrons. The third-order valence-electron chi connectivity index (χ3n) is 10.4. The Balaban J connectivity index is -0.0000000788. The molecule has 2 atom stereocenters. The average Bonchev–Trinajstić information content (AvgIpc) is 3.69. The predicted octanol–water partition coefficient (Wildman–Crippen LogP) is 17.0. The number of alkyl halides is 2. The average molecular weight is 1090 g/mol. The van der Waals surface area contributed by atoms with Gasteiger partial charge in [-0.2, -0.15) is 0 Å². The summed E-state index contributed by atoms with van der Waals surface area (Å²) in [5.41, 5.74) is 0.875. The standard InChI is InChI=1S/C11H22O2.C10H18F2.C8H18.C7H15NO2S.2C5H12.C5H10.2CH3.B.W/c1-8(2)12-10-6-5-7-11(10)13-9(3)4;1-8(2)6-5-7-10(11,12)9(3)4;1-7(2,3)8(4,5)6;1-6(2)8-11(9,10)7(3)4-5-7;3*1-4-5(2)3;;;;/h8-11H,5-7H2,1-4H3;5,7-9H,6H2,1-4H3;1-6H3;6,8H,4-5H2,1-3H3;2*5H,4H2,1-3H3;4-5H,1H2,2-3H3;2*1H3;;/q;;;;;;;2*-1;;+2/b;7-5+;;;;;;;;;/t10-,11-;;;;;;;;;;/m1........../s1. The summed E-state index contributed by atoms with van der Waals surface area (Å²) >= 11 is 0. The number of halogens is 2. The molecule has 2 fully saturated rings. The van der Waals surface area contributed by atoms with Crippen LogP contribution in [0.5, 0.6) is 0 Å². The SMILES string of the molecule is C=CC(C)C.CC(C)(C)C(C)(C)C.CC(C)C/C=C/C(F)(F)C(C)C.CC(C)NS(=O)(=O)C1(C)CC1.CC(C)O[C@@H]1CCC[C@H]1OC(C)C.CCC(C)C.CCC(C)C.[B].[CH3-].[CH3-].[W+2]. The second kappa shape index (κ2) is 42.1. The summed E-state index contributed by atoms with van der Waals surface area (Å²) in [6.07, 6.45) is 14.3. The third-order valence-corrected chi connectivity index (χ3v) is 12.8. The maximum Gasteiger partial charge on any atom is 2.00 e. The topological polar surface area (TPSA) is 64.6 Å². The van der Waals surface area contributed by atoms with Crippen molar-refractivity contribution in [1.82, 2.24) is 4.72 Å². The molecule has 2 saturated carbocycles. The van der Waals surface area contributed by atoms with E-state index in [1.807, 2.05) is 33.8 Å². The van der Waals surface area contributed by atoms with Gasteiger partial charge in [-0.05, 0) is 128 Å². The molecule has 0 heterocycles. The van der Waals surface area contributed by atoms with Gasteiger partial charge in [-0.3, -0.25) is 0 Å². The quantitative estimate of drug-likeness (QED) is 0.107. The number of allylic oxidation sites excluding steroid dienone is 3. The number of nitrogens with one attached hydrogen (secondary N) is 1. The molecule has 0 aromatic carbocycles. The van der Waals surface area contributed by atoms with Gasteiger partial charge in [0.2, 0.25) is 10.0 Å². The molecule has 0 bridgehead atoms. The molecule has 0 spiro atoms. The van der Waals surface area contributed by atoms with Crippen molar-refractivity contribution in [3.63, 3.8) is 0 Å². The predicted molar refractivity (Wildman–Crippen MR) is 280 cm³/mol. The van der Waals surface area contributed by atoms with Gasteiger partial charge in [-0.15, -0.1) is 6.58 Å². The Bertz CT molecular complexity index is 1090. The molecule has 63 heavy (non-hydrogen) atoms. The molecule has 0 unspecified atom stereocenters. The van der Waals surface area contributed by atoms with E-state index in [1.54, 1.807) is 13.0 Å². The van der Waals surface area contributed by atoms with Crippen LogP contribution in [-0.4, -0.2) is 58.0 Å². The van der Waals surface area contributed by atoms with Crippen molar-refractivity contribution in [1.29, 1.82) is 0 Å². The van der Waals surface area contributed by atoms with Gasteiger partial charge >= 0.3 is 21.1 Å². The number of sulfonamides is 1. The van der Waals surface area contributed by atoms with Crippen LogP contribution in [0.1, 0.15) is 224 Å². The van der Waals surface area contributed by atoms with Crippen LogP contribution in [0.2, 0.25) is 0 Å². The van der Waals surface area contributed by atoms with Crippen molar-refractivity contribution < 1.29 is 47.7 Å². The van der Waals surface area contributed by atoms with Crippen LogP contribution in [-0.2, 0) is 40.6 Å². The molecule has 10 heteroatoms. The summed E-state index contributed by atoms with van der Waals surface area (Å²) in [5.74, 6) is -0.389. The normalized spacial score (nSPS) is 16.5. The number of hydrogen-bond acceptors (Lipinski definition) is 4. The number of ether oxygens (including phenoxy) is 2. The van der Waals surface area contributed by atoms with Gasteiger partial charge in [-0.1, -0.05) is 150 Å². The first kappa shape index (κ1) is 83.0. The van der Waals surface area contributed by atoms with Crippen molar-refractivity contribution in [2.24, 2.45) is 40.4 Å². The van der Waals surface area contributed by atoms with Gasteiger partial charge in [0.05, 0.1) is 29.2 Å². The summed E-state index contributed by atoms with van der Waals surface area (Å²) in [4.78, 5) is 0. The summed E-state index contributed by atoms with van der Waals surface area (Å²) in [6, 6.07) is 0.0115. The fraction of sp³-hybridized carbons (Fsp3) is 0.887. The largest absolute Gasteiger partial charge is 2.00 e. The Morgan fingerprint density at radius 2 is 1.00 bits per heavy atom. The van der Waals surface area contributed by atoms with Crippen molar-refractivity contribution in [2.45, 2.75) is 266 Å². The van der Waals surface area contributed by atoms with Gasteiger partial charge < -0.3 is 24.3 Å². The zero-order chi connectivity index (χ0) is 48.2. The Labute approximate surface area is 414 Å². The minimum atomic E-state index is -3.04. The molecule has 2 rings (SSSR count). The second-order valence-corrected chi connectivity index (χ2v) is 23.8. The molecule has 0 aromatic heterocycles. The first-order chi connectivity index (χ1) is 26.4. The minimum absolute atomic E-state index is 0. The van der Waals surface area contributed by atoms with Crippen molar-refractivity contribution in [3.8, 4) is 0 Å². The monoisotopic (exact) mass is 1090 g/mol. The molecule has 5 nitrogen and oxygen atoms in total. The van der Waals surface area contributed by atoms with Crippen molar-refractivity contribution in [3.05, 3.63) is 39.7 Å². The maximum absolute atomic E-state index is 12.9. The third kappa shape index (κ3) is 52.8. The van der Waals surface area contributed by atoms with Crippen LogP contribution in [0.15, 0.2) is 24.8 Å². The van der Waals surface area contributed by atoms with E-state index in [0.29, 0.717) is 47.1 Å².